The van der Waals surface area contributed by atoms with E-state index in [0.29, 0.717) is 5.92 Å². The van der Waals surface area contributed by atoms with Crippen molar-refractivity contribution in [3.63, 3.8) is 0 Å². The number of nitrogens with zero attached hydrogens (tertiary/aromatic N) is 2. The number of hydrogen-bond acceptors (Lipinski definition) is 3. The van der Waals surface area contributed by atoms with Crippen LogP contribution < -0.4 is 5.32 Å². The van der Waals surface area contributed by atoms with E-state index >= 15 is 0 Å². The molecule has 0 spiro atoms. The SMILES string of the molecule is Fc1ccc(-c2cc(C[C@@H]3CCCNC3)ncn2)cc1. The molecule has 1 N–H and O–H groups in total. The summed E-state index contributed by atoms with van der Waals surface area (Å²) >= 11 is 0. The van der Waals surface area contributed by atoms with Gasteiger partial charge in [0.25, 0.3) is 0 Å². The van der Waals surface area contributed by atoms with Crippen molar-refractivity contribution in [3.05, 3.63) is 48.2 Å². The van der Waals surface area contributed by atoms with Crippen LogP contribution in [0.15, 0.2) is 36.7 Å². The highest BCUT2D eigenvalue weighted by Crippen LogP contribution is 2.20. The minimum Gasteiger partial charge on any atom is -0.316 e. The molecule has 2 aromatic rings. The highest BCUT2D eigenvalue weighted by molar-refractivity contribution is 5.58. The Bertz CT molecular complexity index is 562. The molecule has 4 heteroatoms. The molecule has 1 fully saturated rings. The van der Waals surface area contributed by atoms with Crippen molar-refractivity contribution in [2.45, 2.75) is 19.3 Å². The molecule has 1 saturated heterocycles. The van der Waals surface area contributed by atoms with E-state index in [-0.39, 0.29) is 5.82 Å². The molecule has 104 valence electrons. The number of aromatic nitrogens is 2. The summed E-state index contributed by atoms with van der Waals surface area (Å²) in [6.45, 7) is 2.19. The first kappa shape index (κ1) is 13.2. The van der Waals surface area contributed by atoms with Gasteiger partial charge >= 0.3 is 0 Å². The molecule has 2 heterocycles. The predicted octanol–water partition coefficient (Wildman–Crippen LogP) is 2.82. The van der Waals surface area contributed by atoms with Crippen LogP contribution in [0.4, 0.5) is 4.39 Å². The van der Waals surface area contributed by atoms with E-state index in [9.17, 15) is 4.39 Å². The zero-order valence-corrected chi connectivity index (χ0v) is 11.3. The van der Waals surface area contributed by atoms with Crippen molar-refractivity contribution >= 4 is 0 Å². The topological polar surface area (TPSA) is 37.8 Å². The van der Waals surface area contributed by atoms with Crippen molar-refractivity contribution in [2.75, 3.05) is 13.1 Å². The zero-order chi connectivity index (χ0) is 13.8. The van der Waals surface area contributed by atoms with Gasteiger partial charge in [0.05, 0.1) is 5.69 Å². The van der Waals surface area contributed by atoms with Crippen molar-refractivity contribution in [1.29, 1.82) is 0 Å². The highest BCUT2D eigenvalue weighted by atomic mass is 19.1. The monoisotopic (exact) mass is 271 g/mol. The lowest BCUT2D eigenvalue weighted by Gasteiger charge is -2.22. The maximum Gasteiger partial charge on any atom is 0.123 e. The molecule has 0 saturated carbocycles. The Hall–Kier alpha value is -1.81. The molecule has 3 nitrogen and oxygen atoms in total. The van der Waals surface area contributed by atoms with Crippen LogP contribution >= 0.6 is 0 Å². The van der Waals surface area contributed by atoms with Crippen LogP contribution in [-0.4, -0.2) is 23.1 Å². The molecule has 1 aliphatic heterocycles. The molecule has 1 aliphatic rings. The Kier molecular flexibility index (Phi) is 4.02. The third-order valence-corrected chi connectivity index (χ3v) is 3.76. The normalized spacial score (nSPS) is 18.9. The summed E-state index contributed by atoms with van der Waals surface area (Å²) in [5.74, 6) is 0.427. The quantitative estimate of drug-likeness (QED) is 0.932. The van der Waals surface area contributed by atoms with E-state index in [2.05, 4.69) is 15.3 Å². The third kappa shape index (κ3) is 3.20. The molecule has 0 aliphatic carbocycles. The largest absolute Gasteiger partial charge is 0.316 e. The highest BCUT2D eigenvalue weighted by Gasteiger charge is 2.14. The second-order valence-corrected chi connectivity index (χ2v) is 5.32. The van der Waals surface area contributed by atoms with Crippen molar-refractivity contribution in [2.24, 2.45) is 5.92 Å². The smallest absolute Gasteiger partial charge is 0.123 e. The fourth-order valence-electron chi connectivity index (χ4n) is 2.68. The number of rotatable bonds is 3. The minimum atomic E-state index is -0.226. The lowest BCUT2D eigenvalue weighted by molar-refractivity contribution is 0.373. The van der Waals surface area contributed by atoms with Gasteiger partial charge in [-0.25, -0.2) is 14.4 Å². The van der Waals surface area contributed by atoms with Crippen LogP contribution in [0, 0.1) is 11.7 Å². The summed E-state index contributed by atoms with van der Waals surface area (Å²) in [7, 11) is 0. The molecular weight excluding hydrogens is 253 g/mol. The molecule has 0 radical (unpaired) electrons. The summed E-state index contributed by atoms with van der Waals surface area (Å²) in [5, 5.41) is 3.42. The van der Waals surface area contributed by atoms with E-state index in [1.54, 1.807) is 18.5 Å². The first-order valence-electron chi connectivity index (χ1n) is 7.09. The zero-order valence-electron chi connectivity index (χ0n) is 11.3. The number of piperidine rings is 1. The average molecular weight is 271 g/mol. The van der Waals surface area contributed by atoms with Gasteiger partial charge < -0.3 is 5.32 Å². The minimum absolute atomic E-state index is 0.226. The standard InChI is InChI=1S/C16H18FN3/c17-14-5-3-13(4-6-14)16-9-15(19-11-20-16)8-12-2-1-7-18-10-12/h3-6,9,11-12,18H,1-2,7-8,10H2/t12-/m0/s1. The van der Waals surface area contributed by atoms with E-state index in [4.69, 9.17) is 0 Å². The predicted molar refractivity (Wildman–Crippen MR) is 76.7 cm³/mol. The van der Waals surface area contributed by atoms with Crippen LogP contribution in [0.3, 0.4) is 0 Å². The summed E-state index contributed by atoms with van der Waals surface area (Å²) in [4.78, 5) is 8.65. The number of hydrogen-bond donors (Lipinski definition) is 1. The molecule has 0 bridgehead atoms. The average Bonchev–Trinajstić information content (AvgIpc) is 2.49. The van der Waals surface area contributed by atoms with Gasteiger partial charge in [-0.15, -0.1) is 0 Å². The number of benzene rings is 1. The van der Waals surface area contributed by atoms with Gasteiger partial charge in [0.15, 0.2) is 0 Å². The Morgan fingerprint density at radius 2 is 2.05 bits per heavy atom. The lowest BCUT2D eigenvalue weighted by Crippen LogP contribution is -2.31. The van der Waals surface area contributed by atoms with Crippen molar-refractivity contribution < 1.29 is 4.39 Å². The van der Waals surface area contributed by atoms with Gasteiger partial charge in [0.2, 0.25) is 0 Å². The Morgan fingerprint density at radius 1 is 1.20 bits per heavy atom. The first-order chi connectivity index (χ1) is 9.81. The summed E-state index contributed by atoms with van der Waals surface area (Å²) in [6.07, 6.45) is 5.07. The summed E-state index contributed by atoms with van der Waals surface area (Å²) < 4.78 is 13.0. The van der Waals surface area contributed by atoms with Gasteiger partial charge in [0, 0.05) is 11.3 Å². The first-order valence-corrected chi connectivity index (χ1v) is 7.09. The van der Waals surface area contributed by atoms with Crippen LogP contribution in [0.2, 0.25) is 0 Å². The summed E-state index contributed by atoms with van der Waals surface area (Å²) in [6, 6.07) is 8.44. The Morgan fingerprint density at radius 3 is 2.80 bits per heavy atom. The molecular formula is C16H18FN3. The maximum absolute atomic E-state index is 13.0. The molecule has 3 rings (SSSR count). The summed E-state index contributed by atoms with van der Waals surface area (Å²) in [5.41, 5.74) is 2.85. The Balaban J connectivity index is 1.76. The van der Waals surface area contributed by atoms with Crippen LogP contribution in [0.25, 0.3) is 11.3 Å². The number of nitrogens with one attached hydrogen (secondary N) is 1. The molecule has 0 unspecified atom stereocenters. The Labute approximate surface area is 118 Å². The molecule has 20 heavy (non-hydrogen) atoms. The lowest BCUT2D eigenvalue weighted by atomic mass is 9.94. The van der Waals surface area contributed by atoms with E-state index < -0.39 is 0 Å². The molecule has 1 aromatic carbocycles. The van der Waals surface area contributed by atoms with Crippen molar-refractivity contribution in [1.82, 2.24) is 15.3 Å². The fourth-order valence-corrected chi connectivity index (χ4v) is 2.68. The third-order valence-electron chi connectivity index (χ3n) is 3.76. The second-order valence-electron chi connectivity index (χ2n) is 5.32. The maximum atomic E-state index is 13.0. The van der Waals surface area contributed by atoms with Gasteiger partial charge in [-0.3, -0.25) is 0 Å². The van der Waals surface area contributed by atoms with Crippen LogP contribution in [0.5, 0.6) is 0 Å². The molecule has 0 amide bonds. The van der Waals surface area contributed by atoms with Crippen molar-refractivity contribution in [3.8, 4) is 11.3 Å². The molecule has 1 aromatic heterocycles. The van der Waals surface area contributed by atoms with Gasteiger partial charge in [-0.05, 0) is 68.6 Å². The van der Waals surface area contributed by atoms with Crippen LogP contribution in [-0.2, 0) is 6.42 Å². The van der Waals surface area contributed by atoms with Crippen LogP contribution in [0.1, 0.15) is 18.5 Å². The van der Waals surface area contributed by atoms with Gasteiger partial charge in [-0.2, -0.15) is 0 Å². The fraction of sp³-hybridized carbons (Fsp3) is 0.375. The van der Waals surface area contributed by atoms with Gasteiger partial charge in [0.1, 0.15) is 12.1 Å². The van der Waals surface area contributed by atoms with E-state index in [0.717, 1.165) is 36.5 Å². The number of halogens is 1. The van der Waals surface area contributed by atoms with E-state index in [1.807, 2.05) is 6.07 Å². The molecule has 1 atom stereocenters. The van der Waals surface area contributed by atoms with E-state index in [1.165, 1.54) is 25.0 Å². The second kappa shape index (κ2) is 6.09. The van der Waals surface area contributed by atoms with Gasteiger partial charge in [-0.1, -0.05) is 0 Å².